The van der Waals surface area contributed by atoms with E-state index in [4.69, 9.17) is 4.74 Å². The van der Waals surface area contributed by atoms with Gasteiger partial charge >= 0.3 is 0 Å². The minimum Gasteiger partial charge on any atom is -0.377 e. The molecule has 36 heavy (non-hydrogen) atoms. The summed E-state index contributed by atoms with van der Waals surface area (Å²) in [6, 6.07) is 10.5. The summed E-state index contributed by atoms with van der Waals surface area (Å²) in [6.07, 6.45) is 1.96. The summed E-state index contributed by atoms with van der Waals surface area (Å²) < 4.78 is 5.26. The molecule has 10 nitrogen and oxygen atoms in total. The number of aromatic nitrogens is 2. The van der Waals surface area contributed by atoms with Gasteiger partial charge in [-0.15, -0.1) is 0 Å². The monoisotopic (exact) mass is 493 g/mol. The van der Waals surface area contributed by atoms with Crippen LogP contribution in [0.3, 0.4) is 0 Å². The molecule has 3 aliphatic heterocycles. The molecule has 1 aromatic heterocycles. The van der Waals surface area contributed by atoms with Gasteiger partial charge in [0.25, 0.3) is 5.91 Å². The maximum Gasteiger partial charge on any atom is 0.270 e. The first-order valence-corrected chi connectivity index (χ1v) is 12.9. The Balaban J connectivity index is 1.17. The number of carbonyl (C=O) groups excluding carboxylic acids is 2. The molecule has 0 aliphatic carbocycles. The second-order valence-corrected chi connectivity index (χ2v) is 9.71. The van der Waals surface area contributed by atoms with Crippen molar-refractivity contribution < 1.29 is 14.3 Å². The molecule has 10 heteroatoms. The number of rotatable bonds is 8. The van der Waals surface area contributed by atoms with Gasteiger partial charge < -0.3 is 25.2 Å². The van der Waals surface area contributed by atoms with E-state index in [1.165, 1.54) is 11.1 Å². The van der Waals surface area contributed by atoms with E-state index in [2.05, 4.69) is 49.8 Å². The fraction of sp³-hybridized carbons (Fsp3) is 0.538. The second-order valence-electron chi connectivity index (χ2n) is 9.71. The Bertz CT molecular complexity index is 1080. The highest BCUT2D eigenvalue weighted by molar-refractivity contribution is 5.93. The highest BCUT2D eigenvalue weighted by Gasteiger charge is 2.24. The lowest BCUT2D eigenvalue weighted by Crippen LogP contribution is -2.48. The number of carbonyl (C=O) groups is 2. The molecule has 1 aromatic carbocycles. The van der Waals surface area contributed by atoms with Crippen molar-refractivity contribution in [3.8, 4) is 0 Å². The fourth-order valence-corrected chi connectivity index (χ4v) is 4.86. The van der Waals surface area contributed by atoms with Gasteiger partial charge in [0.2, 0.25) is 11.9 Å². The average Bonchev–Trinajstić information content (AvgIpc) is 2.88. The zero-order valence-corrected chi connectivity index (χ0v) is 20.9. The highest BCUT2D eigenvalue weighted by Crippen LogP contribution is 2.20. The topological polar surface area (TPSA) is 103 Å². The van der Waals surface area contributed by atoms with Crippen molar-refractivity contribution in [2.24, 2.45) is 0 Å². The van der Waals surface area contributed by atoms with Crippen molar-refractivity contribution in [3.63, 3.8) is 0 Å². The third-order valence-corrected chi connectivity index (χ3v) is 7.09. The smallest absolute Gasteiger partial charge is 0.270 e. The zero-order chi connectivity index (χ0) is 24.9. The largest absolute Gasteiger partial charge is 0.377 e. The number of amides is 2. The normalized spacial score (nSPS) is 18.4. The van der Waals surface area contributed by atoms with E-state index in [0.29, 0.717) is 63.4 Å². The first kappa shape index (κ1) is 24.5. The van der Waals surface area contributed by atoms with Crippen LogP contribution in [0.15, 0.2) is 30.3 Å². The molecule has 5 rings (SSSR count). The summed E-state index contributed by atoms with van der Waals surface area (Å²) in [5.41, 5.74) is 3.20. The lowest BCUT2D eigenvalue weighted by atomic mass is 10.00. The molecule has 2 N–H and O–H groups in total. The van der Waals surface area contributed by atoms with Crippen molar-refractivity contribution in [2.75, 3.05) is 69.2 Å². The number of nitrogens with one attached hydrogen (secondary N) is 2. The Morgan fingerprint density at radius 3 is 2.56 bits per heavy atom. The predicted molar refractivity (Wildman–Crippen MR) is 137 cm³/mol. The summed E-state index contributed by atoms with van der Waals surface area (Å²) in [6.45, 7) is 8.90. The third-order valence-electron chi connectivity index (χ3n) is 7.09. The summed E-state index contributed by atoms with van der Waals surface area (Å²) in [5, 5.41) is 6.38. The van der Waals surface area contributed by atoms with Crippen molar-refractivity contribution in [1.29, 1.82) is 0 Å². The van der Waals surface area contributed by atoms with Crippen molar-refractivity contribution in [3.05, 3.63) is 47.2 Å². The number of nitrogens with zero attached hydrogens (tertiary/aromatic N) is 5. The van der Waals surface area contributed by atoms with Crippen LogP contribution in [0, 0.1) is 0 Å². The Morgan fingerprint density at radius 2 is 1.83 bits per heavy atom. The van der Waals surface area contributed by atoms with Gasteiger partial charge in [-0.05, 0) is 24.0 Å². The van der Waals surface area contributed by atoms with Gasteiger partial charge in [0.1, 0.15) is 11.5 Å². The first-order chi connectivity index (χ1) is 17.5. The molecule has 2 aromatic rings. The van der Waals surface area contributed by atoms with Crippen LogP contribution in [0.2, 0.25) is 0 Å². The van der Waals surface area contributed by atoms with Crippen LogP contribution in [0.25, 0.3) is 0 Å². The van der Waals surface area contributed by atoms with E-state index in [0.717, 1.165) is 32.5 Å². The van der Waals surface area contributed by atoms with Gasteiger partial charge in [0.15, 0.2) is 0 Å². The molecule has 192 valence electrons. The summed E-state index contributed by atoms with van der Waals surface area (Å²) in [5.74, 6) is 1.02. The summed E-state index contributed by atoms with van der Waals surface area (Å²) in [7, 11) is 0. The highest BCUT2D eigenvalue weighted by atomic mass is 16.5. The van der Waals surface area contributed by atoms with E-state index in [9.17, 15) is 9.59 Å². The number of hydrogen-bond acceptors (Lipinski definition) is 8. The Morgan fingerprint density at radius 1 is 1.06 bits per heavy atom. The Kier molecular flexibility index (Phi) is 7.62. The number of fused-ring (bicyclic) bond motifs is 1. The molecule has 3 aliphatic rings. The molecule has 0 bridgehead atoms. The van der Waals surface area contributed by atoms with Gasteiger partial charge in [-0.1, -0.05) is 24.3 Å². The van der Waals surface area contributed by atoms with Gasteiger partial charge in [0.05, 0.1) is 19.3 Å². The molecule has 0 spiro atoms. The summed E-state index contributed by atoms with van der Waals surface area (Å²) >= 11 is 0. The second kappa shape index (κ2) is 11.2. The maximum absolute atomic E-state index is 13.0. The molecule has 4 heterocycles. The van der Waals surface area contributed by atoms with Crippen LogP contribution >= 0.6 is 0 Å². The molecule has 2 fully saturated rings. The average molecular weight is 494 g/mol. The van der Waals surface area contributed by atoms with Gasteiger partial charge in [-0.3, -0.25) is 14.5 Å². The first-order valence-electron chi connectivity index (χ1n) is 12.9. The van der Waals surface area contributed by atoms with E-state index >= 15 is 0 Å². The quantitative estimate of drug-likeness (QED) is 0.528. The minimum atomic E-state index is -0.196. The third kappa shape index (κ3) is 5.93. The van der Waals surface area contributed by atoms with Crippen molar-refractivity contribution in [1.82, 2.24) is 25.1 Å². The molecule has 0 radical (unpaired) electrons. The minimum absolute atomic E-state index is 0.0739. The van der Waals surface area contributed by atoms with E-state index < -0.39 is 0 Å². The van der Waals surface area contributed by atoms with Gasteiger partial charge in [-0.2, -0.15) is 4.98 Å². The van der Waals surface area contributed by atoms with Crippen LogP contribution in [0.1, 0.15) is 35.0 Å². The van der Waals surface area contributed by atoms with Crippen molar-refractivity contribution >= 4 is 23.6 Å². The predicted octanol–water partition coefficient (Wildman–Crippen LogP) is 1.13. The molecule has 0 atom stereocenters. The number of hydrogen-bond donors (Lipinski definition) is 2. The molecular formula is C26H35N7O3. The van der Waals surface area contributed by atoms with E-state index in [1.807, 2.05) is 9.80 Å². The Hall–Kier alpha value is -3.24. The zero-order valence-electron chi connectivity index (χ0n) is 20.9. The lowest BCUT2D eigenvalue weighted by molar-refractivity contribution is -0.129. The Labute approximate surface area is 212 Å². The fourth-order valence-electron chi connectivity index (χ4n) is 4.86. The van der Waals surface area contributed by atoms with Crippen LogP contribution in [-0.2, 0) is 22.5 Å². The number of piperazine rings is 1. The molecule has 0 saturated carbocycles. The molecule has 2 amide bonds. The van der Waals surface area contributed by atoms with Crippen molar-refractivity contribution in [2.45, 2.75) is 32.4 Å². The maximum atomic E-state index is 13.0. The van der Waals surface area contributed by atoms with Crippen LogP contribution < -0.4 is 15.5 Å². The van der Waals surface area contributed by atoms with Crippen LogP contribution in [-0.4, -0.2) is 96.7 Å². The van der Waals surface area contributed by atoms with E-state index in [1.54, 1.807) is 13.0 Å². The van der Waals surface area contributed by atoms with Crippen LogP contribution in [0.4, 0.5) is 11.8 Å². The van der Waals surface area contributed by atoms with Gasteiger partial charge in [-0.25, -0.2) is 4.98 Å². The SMILES string of the molecule is CC(=O)N1CCN(c2nc(NC3COC3)cc(C(=O)NCCCN3CCc4ccccc4C3)n2)CC1. The molecular weight excluding hydrogens is 458 g/mol. The number of anilines is 2. The molecule has 2 saturated heterocycles. The number of benzene rings is 1. The number of ether oxygens (including phenoxy) is 1. The molecule has 0 unspecified atom stereocenters. The standard InChI is InChI=1S/C26H35N7O3/c1-19(34)32-11-13-33(14-12-32)26-29-23(15-24(30-26)28-22-17-36-18-22)25(35)27-8-4-9-31-10-7-20-5-2-3-6-21(20)16-31/h2-3,5-6,15,22H,4,7-14,16-18H2,1H3,(H,27,35)(H,28,29,30). The lowest BCUT2D eigenvalue weighted by Gasteiger charge is -2.34. The van der Waals surface area contributed by atoms with Crippen LogP contribution in [0.5, 0.6) is 0 Å². The van der Waals surface area contributed by atoms with E-state index in [-0.39, 0.29) is 17.9 Å². The summed E-state index contributed by atoms with van der Waals surface area (Å²) in [4.78, 5) is 40.3. The van der Waals surface area contributed by atoms with Gasteiger partial charge in [0, 0.05) is 65.3 Å².